The van der Waals surface area contributed by atoms with E-state index in [2.05, 4.69) is 19.9 Å². The van der Waals surface area contributed by atoms with Gasteiger partial charge in [0.05, 0.1) is 18.9 Å². The van der Waals surface area contributed by atoms with Crippen LogP contribution in [0.15, 0.2) is 30.7 Å². The van der Waals surface area contributed by atoms with Gasteiger partial charge in [0.2, 0.25) is 5.88 Å². The topological polar surface area (TPSA) is 77.4 Å². The zero-order valence-electron chi connectivity index (χ0n) is 16.3. The molecule has 1 unspecified atom stereocenters. The van der Waals surface area contributed by atoms with Gasteiger partial charge in [-0.1, -0.05) is 6.07 Å². The summed E-state index contributed by atoms with van der Waals surface area (Å²) in [4.78, 5) is 27.1. The van der Waals surface area contributed by atoms with Crippen LogP contribution in [0.3, 0.4) is 0 Å². The maximum Gasteiger partial charge on any atom is 0.359 e. The number of nitrogens with zero attached hydrogens (tertiary/aromatic N) is 4. The van der Waals surface area contributed by atoms with Crippen molar-refractivity contribution in [3.63, 3.8) is 0 Å². The number of carbonyl (C=O) groups is 1. The molecular weight excluding hydrogens is 344 g/mol. The molecule has 0 N–H and O–H groups in total. The fourth-order valence-electron chi connectivity index (χ4n) is 2.86. The molecule has 2 aromatic heterocycles. The largest absolute Gasteiger partial charge is 0.472 e. The Balaban J connectivity index is 1.62. The number of hydrogen-bond acceptors (Lipinski definition) is 7. The van der Waals surface area contributed by atoms with E-state index in [9.17, 15) is 4.79 Å². The van der Waals surface area contributed by atoms with E-state index >= 15 is 0 Å². The second-order valence-corrected chi connectivity index (χ2v) is 7.76. The molecule has 27 heavy (non-hydrogen) atoms. The Labute approximate surface area is 159 Å². The number of hydrogen-bond donors (Lipinski definition) is 0. The Kier molecular flexibility index (Phi) is 5.58. The van der Waals surface area contributed by atoms with Crippen LogP contribution in [0.5, 0.6) is 5.88 Å². The molecule has 0 saturated carbocycles. The molecule has 7 heteroatoms. The summed E-state index contributed by atoms with van der Waals surface area (Å²) in [5.74, 6) is 0.901. The highest BCUT2D eigenvalue weighted by Gasteiger charge is 2.24. The molecule has 2 aromatic rings. The monoisotopic (exact) mass is 370 g/mol. The fourth-order valence-corrected chi connectivity index (χ4v) is 2.86. The standard InChI is InChI=1S/C20H26N4O3/c1-14-7-8-18(23-10-14)26-15-6-5-9-24(13-15)17-12-21-16(11-22-17)19(25)27-20(2,3)4/h7-8,10-12,15H,5-6,9,13H2,1-4H3. The minimum absolute atomic E-state index is 0.0429. The third-order valence-electron chi connectivity index (χ3n) is 4.12. The first kappa shape index (κ1) is 19.1. The minimum atomic E-state index is -0.557. The van der Waals surface area contributed by atoms with Crippen molar-refractivity contribution < 1.29 is 14.3 Å². The quantitative estimate of drug-likeness (QED) is 0.765. The van der Waals surface area contributed by atoms with Crippen molar-refractivity contribution in [1.29, 1.82) is 0 Å². The van der Waals surface area contributed by atoms with E-state index < -0.39 is 11.6 Å². The summed E-state index contributed by atoms with van der Waals surface area (Å²) in [6.07, 6.45) is 6.89. The number of aryl methyl sites for hydroxylation is 1. The molecular formula is C20H26N4O3. The van der Waals surface area contributed by atoms with Crippen LogP contribution in [-0.4, -0.2) is 45.7 Å². The number of ether oxygens (including phenoxy) is 2. The first-order valence-electron chi connectivity index (χ1n) is 9.20. The molecule has 0 spiro atoms. The molecule has 1 saturated heterocycles. The van der Waals surface area contributed by atoms with Crippen LogP contribution in [0.1, 0.15) is 49.7 Å². The zero-order valence-corrected chi connectivity index (χ0v) is 16.3. The summed E-state index contributed by atoms with van der Waals surface area (Å²) >= 11 is 0. The lowest BCUT2D eigenvalue weighted by Gasteiger charge is -2.33. The van der Waals surface area contributed by atoms with Crippen molar-refractivity contribution in [2.24, 2.45) is 0 Å². The van der Waals surface area contributed by atoms with Gasteiger partial charge in [-0.05, 0) is 46.1 Å². The summed E-state index contributed by atoms with van der Waals surface area (Å²) in [5, 5.41) is 0. The van der Waals surface area contributed by atoms with Gasteiger partial charge in [-0.15, -0.1) is 0 Å². The van der Waals surface area contributed by atoms with Crippen molar-refractivity contribution in [3.05, 3.63) is 42.0 Å². The van der Waals surface area contributed by atoms with Gasteiger partial charge >= 0.3 is 5.97 Å². The molecule has 0 amide bonds. The van der Waals surface area contributed by atoms with E-state index in [0.29, 0.717) is 12.4 Å². The molecule has 0 radical (unpaired) electrons. The predicted octanol–water partition coefficient (Wildman–Crippen LogP) is 3.18. The molecule has 1 atom stereocenters. The van der Waals surface area contributed by atoms with Gasteiger partial charge in [0.15, 0.2) is 5.69 Å². The Hall–Kier alpha value is -2.70. The first-order valence-corrected chi connectivity index (χ1v) is 9.20. The van der Waals surface area contributed by atoms with Crippen LogP contribution in [0.2, 0.25) is 0 Å². The van der Waals surface area contributed by atoms with Gasteiger partial charge < -0.3 is 14.4 Å². The van der Waals surface area contributed by atoms with Crippen LogP contribution < -0.4 is 9.64 Å². The molecule has 1 aliphatic heterocycles. The summed E-state index contributed by atoms with van der Waals surface area (Å²) < 4.78 is 11.3. The molecule has 3 rings (SSSR count). The lowest BCUT2D eigenvalue weighted by Crippen LogP contribution is -2.41. The third-order valence-corrected chi connectivity index (χ3v) is 4.12. The molecule has 144 valence electrons. The number of aromatic nitrogens is 3. The number of anilines is 1. The van der Waals surface area contributed by atoms with Crippen molar-refractivity contribution in [2.45, 2.75) is 52.2 Å². The maximum atomic E-state index is 12.1. The summed E-state index contributed by atoms with van der Waals surface area (Å²) in [6.45, 7) is 9.05. The summed E-state index contributed by atoms with van der Waals surface area (Å²) in [7, 11) is 0. The Morgan fingerprint density at radius 3 is 2.59 bits per heavy atom. The SMILES string of the molecule is Cc1ccc(OC2CCCN(c3cnc(C(=O)OC(C)(C)C)cn3)C2)nc1. The van der Waals surface area contributed by atoms with Crippen molar-refractivity contribution in [3.8, 4) is 5.88 Å². The maximum absolute atomic E-state index is 12.1. The van der Waals surface area contributed by atoms with Gasteiger partial charge in [-0.3, -0.25) is 0 Å². The first-order chi connectivity index (χ1) is 12.8. The Morgan fingerprint density at radius 1 is 1.15 bits per heavy atom. The predicted molar refractivity (Wildman–Crippen MR) is 102 cm³/mol. The fraction of sp³-hybridized carbons (Fsp3) is 0.500. The van der Waals surface area contributed by atoms with E-state index in [1.165, 1.54) is 6.20 Å². The second-order valence-electron chi connectivity index (χ2n) is 7.76. The van der Waals surface area contributed by atoms with Gasteiger partial charge in [-0.25, -0.2) is 19.7 Å². The smallest absolute Gasteiger partial charge is 0.359 e. The second kappa shape index (κ2) is 7.90. The van der Waals surface area contributed by atoms with E-state index in [0.717, 1.165) is 30.8 Å². The molecule has 0 aliphatic carbocycles. The number of piperidine rings is 1. The van der Waals surface area contributed by atoms with Crippen molar-refractivity contribution in [2.75, 3.05) is 18.0 Å². The molecule has 0 bridgehead atoms. The van der Waals surface area contributed by atoms with Crippen molar-refractivity contribution in [1.82, 2.24) is 15.0 Å². The lowest BCUT2D eigenvalue weighted by molar-refractivity contribution is 0.00623. The van der Waals surface area contributed by atoms with Gasteiger partial charge in [0, 0.05) is 18.8 Å². The number of esters is 1. The number of pyridine rings is 1. The van der Waals surface area contributed by atoms with Crippen LogP contribution in [0, 0.1) is 6.92 Å². The zero-order chi connectivity index (χ0) is 19.4. The molecule has 1 aliphatic rings. The number of rotatable bonds is 4. The summed E-state index contributed by atoms with van der Waals surface area (Å²) in [6, 6.07) is 3.88. The minimum Gasteiger partial charge on any atom is -0.472 e. The van der Waals surface area contributed by atoms with Crippen LogP contribution in [0.4, 0.5) is 5.82 Å². The van der Waals surface area contributed by atoms with Crippen LogP contribution >= 0.6 is 0 Å². The van der Waals surface area contributed by atoms with Gasteiger partial charge in [0.1, 0.15) is 17.5 Å². The van der Waals surface area contributed by atoms with Crippen molar-refractivity contribution >= 4 is 11.8 Å². The molecule has 3 heterocycles. The summed E-state index contributed by atoms with van der Waals surface area (Å²) in [5.41, 5.74) is 0.758. The van der Waals surface area contributed by atoms with E-state index in [1.807, 2.05) is 39.8 Å². The van der Waals surface area contributed by atoms with Gasteiger partial charge in [-0.2, -0.15) is 0 Å². The molecule has 1 fully saturated rings. The van der Waals surface area contributed by atoms with Gasteiger partial charge in [0.25, 0.3) is 0 Å². The third kappa shape index (κ3) is 5.39. The highest BCUT2D eigenvalue weighted by Crippen LogP contribution is 2.21. The lowest BCUT2D eigenvalue weighted by atomic mass is 10.1. The molecule has 7 nitrogen and oxygen atoms in total. The van der Waals surface area contributed by atoms with E-state index in [1.54, 1.807) is 12.4 Å². The van der Waals surface area contributed by atoms with Crippen LogP contribution in [-0.2, 0) is 4.74 Å². The Bertz CT molecular complexity index is 769. The average Bonchev–Trinajstić information content (AvgIpc) is 2.63. The van der Waals surface area contributed by atoms with Crippen LogP contribution in [0.25, 0.3) is 0 Å². The molecule has 0 aromatic carbocycles. The highest BCUT2D eigenvalue weighted by molar-refractivity contribution is 5.87. The normalized spacial score (nSPS) is 17.5. The average molecular weight is 370 g/mol. The Morgan fingerprint density at radius 2 is 1.96 bits per heavy atom. The van der Waals surface area contributed by atoms with E-state index in [4.69, 9.17) is 9.47 Å². The number of carbonyl (C=O) groups excluding carboxylic acids is 1. The highest BCUT2D eigenvalue weighted by atomic mass is 16.6. The van der Waals surface area contributed by atoms with E-state index in [-0.39, 0.29) is 11.8 Å².